The minimum Gasteiger partial charge on any atom is -0.494 e. The van der Waals surface area contributed by atoms with E-state index in [1.807, 2.05) is 99.6 Å². The average molecular weight is 615 g/mol. The van der Waals surface area contributed by atoms with E-state index in [-0.39, 0.29) is 25.4 Å². The molecule has 3 aromatic carbocycles. The summed E-state index contributed by atoms with van der Waals surface area (Å²) in [6.07, 6.45) is -0.152. The van der Waals surface area contributed by atoms with E-state index in [2.05, 4.69) is 0 Å². The van der Waals surface area contributed by atoms with Crippen molar-refractivity contribution in [3.8, 4) is 16.9 Å². The molecule has 1 fully saturated rings. The van der Waals surface area contributed by atoms with Gasteiger partial charge in [0.25, 0.3) is 5.91 Å². The van der Waals surface area contributed by atoms with Crippen LogP contribution < -0.4 is 4.74 Å². The summed E-state index contributed by atoms with van der Waals surface area (Å²) < 4.78 is 23.5. The average Bonchev–Trinajstić information content (AvgIpc) is 3.45. The van der Waals surface area contributed by atoms with Crippen LogP contribution in [0.4, 0.5) is 0 Å². The molecular formula is C36H42N2O7. The molecule has 45 heavy (non-hydrogen) atoms. The number of hydrogen-bond acceptors (Lipinski definition) is 8. The Morgan fingerprint density at radius 3 is 2.22 bits per heavy atom. The summed E-state index contributed by atoms with van der Waals surface area (Å²) >= 11 is 0. The minimum atomic E-state index is -1.41. The molecule has 9 heteroatoms. The Kier molecular flexibility index (Phi) is 10.2. The van der Waals surface area contributed by atoms with Gasteiger partial charge in [-0.1, -0.05) is 54.6 Å². The first-order chi connectivity index (χ1) is 21.7. The number of aliphatic imine (C=N–C) groups is 1. The summed E-state index contributed by atoms with van der Waals surface area (Å²) in [4.78, 5) is 34.4. The Morgan fingerprint density at radius 1 is 0.933 bits per heavy atom. The number of esters is 1. The molecule has 1 saturated heterocycles. The topological polar surface area (TPSA) is 107 Å². The lowest BCUT2D eigenvalue weighted by atomic mass is 9.82. The molecule has 2 aliphatic rings. The van der Waals surface area contributed by atoms with E-state index in [1.165, 1.54) is 0 Å². The van der Waals surface area contributed by atoms with Crippen molar-refractivity contribution in [1.29, 1.82) is 0 Å². The van der Waals surface area contributed by atoms with Crippen molar-refractivity contribution in [1.82, 2.24) is 4.90 Å². The highest BCUT2D eigenvalue weighted by molar-refractivity contribution is 6.01. The second kappa shape index (κ2) is 14.3. The summed E-state index contributed by atoms with van der Waals surface area (Å²) in [7, 11) is 0. The largest absolute Gasteiger partial charge is 0.494 e. The second-order valence-electron chi connectivity index (χ2n) is 12.3. The molecule has 0 aliphatic carbocycles. The number of hydrogen-bond donors (Lipinski definition) is 1. The van der Waals surface area contributed by atoms with E-state index in [0.717, 1.165) is 16.7 Å². The number of carbonyl (C=O) groups excluding carboxylic acids is 2. The van der Waals surface area contributed by atoms with E-state index < -0.39 is 23.2 Å². The molecule has 0 spiro atoms. The Balaban J connectivity index is 1.53. The van der Waals surface area contributed by atoms with Gasteiger partial charge in [-0.25, -0.2) is 4.99 Å². The molecule has 2 atom stereocenters. The van der Waals surface area contributed by atoms with Gasteiger partial charge in [-0.05, 0) is 68.1 Å². The zero-order valence-corrected chi connectivity index (χ0v) is 26.2. The van der Waals surface area contributed by atoms with Crippen LogP contribution in [-0.2, 0) is 23.8 Å². The number of benzene rings is 3. The number of amides is 1. The van der Waals surface area contributed by atoms with Gasteiger partial charge in [-0.15, -0.1) is 0 Å². The standard InChI is InChI=1S/C36H42N2O7/c1-35(2,3)45-31(40)18-19-36(34(41)38-20-24-42-25-21-38)32(28-12-10-27(11-13-28)26-8-5-4-6-9-26)44-33(37-36)29-14-16-30(17-15-29)43-23-7-22-39/h4-6,8-17,32,39H,7,18-25H2,1-3H3/t32-,36-/m1/s1. The molecule has 2 aliphatic heterocycles. The van der Waals surface area contributed by atoms with Crippen molar-refractivity contribution in [2.75, 3.05) is 39.5 Å². The predicted molar refractivity (Wildman–Crippen MR) is 171 cm³/mol. The monoisotopic (exact) mass is 614 g/mol. The van der Waals surface area contributed by atoms with Crippen molar-refractivity contribution in [2.24, 2.45) is 4.99 Å². The molecule has 0 bridgehead atoms. The first kappa shape index (κ1) is 32.2. The van der Waals surface area contributed by atoms with Crippen LogP contribution in [0.15, 0.2) is 83.9 Å². The molecule has 5 rings (SSSR count). The van der Waals surface area contributed by atoms with Crippen LogP contribution in [0.2, 0.25) is 0 Å². The fourth-order valence-corrected chi connectivity index (χ4v) is 5.56. The van der Waals surface area contributed by atoms with Gasteiger partial charge in [0, 0.05) is 38.1 Å². The van der Waals surface area contributed by atoms with Gasteiger partial charge in [0.2, 0.25) is 5.90 Å². The third-order valence-electron chi connectivity index (χ3n) is 7.76. The number of rotatable bonds is 11. The quantitative estimate of drug-likeness (QED) is 0.229. The summed E-state index contributed by atoms with van der Waals surface area (Å²) in [5.41, 5.74) is 1.51. The van der Waals surface area contributed by atoms with Gasteiger partial charge in [-0.3, -0.25) is 9.59 Å². The van der Waals surface area contributed by atoms with Crippen molar-refractivity contribution >= 4 is 17.8 Å². The summed E-state index contributed by atoms with van der Waals surface area (Å²) in [5, 5.41) is 9.07. The van der Waals surface area contributed by atoms with Gasteiger partial charge < -0.3 is 29.0 Å². The number of carbonyl (C=O) groups is 2. The van der Waals surface area contributed by atoms with Crippen LogP contribution in [0.5, 0.6) is 5.75 Å². The zero-order valence-electron chi connectivity index (χ0n) is 26.2. The lowest BCUT2D eigenvalue weighted by Crippen LogP contribution is -2.53. The van der Waals surface area contributed by atoms with Crippen LogP contribution in [-0.4, -0.2) is 78.4 Å². The molecule has 1 amide bonds. The lowest BCUT2D eigenvalue weighted by molar-refractivity contribution is -0.156. The number of aliphatic hydroxyl groups excluding tert-OH is 1. The fourth-order valence-electron chi connectivity index (χ4n) is 5.56. The first-order valence-corrected chi connectivity index (χ1v) is 15.5. The third-order valence-corrected chi connectivity index (χ3v) is 7.76. The SMILES string of the molecule is CC(C)(C)OC(=O)CC[C@@]1(C(=O)N2CCOCC2)N=C(c2ccc(OCCCO)cc2)O[C@@H]1c1ccc(-c2ccccc2)cc1. The van der Waals surface area contributed by atoms with Gasteiger partial charge in [0.15, 0.2) is 11.6 Å². The van der Waals surface area contributed by atoms with Gasteiger partial charge in [0.1, 0.15) is 11.4 Å². The molecule has 3 aromatic rings. The van der Waals surface area contributed by atoms with Crippen molar-refractivity contribution in [2.45, 2.75) is 57.3 Å². The predicted octanol–water partition coefficient (Wildman–Crippen LogP) is 5.35. The second-order valence-corrected chi connectivity index (χ2v) is 12.3. The molecule has 9 nitrogen and oxygen atoms in total. The Morgan fingerprint density at radius 2 is 1.58 bits per heavy atom. The van der Waals surface area contributed by atoms with Gasteiger partial charge >= 0.3 is 5.97 Å². The Labute approximate surface area is 264 Å². The Bertz CT molecular complexity index is 1460. The molecule has 0 aromatic heterocycles. The number of morpholine rings is 1. The van der Waals surface area contributed by atoms with Crippen LogP contribution in [0.1, 0.15) is 57.3 Å². The highest BCUT2D eigenvalue weighted by atomic mass is 16.6. The summed E-state index contributed by atoms with van der Waals surface area (Å²) in [5.74, 6) is 0.368. The highest BCUT2D eigenvalue weighted by Gasteiger charge is 2.55. The minimum absolute atomic E-state index is 0.0102. The van der Waals surface area contributed by atoms with Gasteiger partial charge in [0.05, 0.1) is 19.8 Å². The number of aliphatic hydroxyl groups is 1. The third kappa shape index (κ3) is 7.90. The smallest absolute Gasteiger partial charge is 0.306 e. The van der Waals surface area contributed by atoms with Crippen LogP contribution in [0.25, 0.3) is 11.1 Å². The maximum Gasteiger partial charge on any atom is 0.306 e. The van der Waals surface area contributed by atoms with E-state index in [0.29, 0.717) is 56.5 Å². The normalized spacial score (nSPS) is 19.9. The van der Waals surface area contributed by atoms with Crippen LogP contribution in [0.3, 0.4) is 0 Å². The Hall–Kier alpha value is -4.21. The number of ether oxygens (including phenoxy) is 4. The van der Waals surface area contributed by atoms with Crippen molar-refractivity contribution in [3.05, 3.63) is 90.0 Å². The maximum absolute atomic E-state index is 14.6. The zero-order chi connectivity index (χ0) is 31.9. The van der Waals surface area contributed by atoms with Gasteiger partial charge in [-0.2, -0.15) is 0 Å². The molecule has 1 N–H and O–H groups in total. The molecular weight excluding hydrogens is 572 g/mol. The van der Waals surface area contributed by atoms with Crippen molar-refractivity contribution < 1.29 is 33.6 Å². The fraction of sp³-hybridized carbons (Fsp3) is 0.417. The first-order valence-electron chi connectivity index (χ1n) is 15.5. The van der Waals surface area contributed by atoms with E-state index >= 15 is 0 Å². The summed E-state index contributed by atoms with van der Waals surface area (Å²) in [6.45, 7) is 7.64. The highest BCUT2D eigenvalue weighted by Crippen LogP contribution is 2.45. The molecule has 0 unspecified atom stereocenters. The molecule has 0 radical (unpaired) electrons. The van der Waals surface area contributed by atoms with Crippen LogP contribution >= 0.6 is 0 Å². The van der Waals surface area contributed by atoms with E-state index in [4.69, 9.17) is 29.0 Å². The molecule has 2 heterocycles. The maximum atomic E-state index is 14.6. The van der Waals surface area contributed by atoms with E-state index in [1.54, 1.807) is 4.90 Å². The van der Waals surface area contributed by atoms with Crippen molar-refractivity contribution in [3.63, 3.8) is 0 Å². The molecule has 238 valence electrons. The van der Waals surface area contributed by atoms with E-state index in [9.17, 15) is 9.59 Å². The lowest BCUT2D eigenvalue weighted by Gasteiger charge is -2.37. The number of nitrogens with zero attached hydrogens (tertiary/aromatic N) is 2. The summed E-state index contributed by atoms with van der Waals surface area (Å²) in [6, 6.07) is 25.3. The van der Waals surface area contributed by atoms with Crippen LogP contribution in [0, 0.1) is 0 Å². The molecule has 0 saturated carbocycles.